The molecule has 98 valence electrons. The molecule has 0 aromatic carbocycles. The third-order valence-corrected chi connectivity index (χ3v) is 4.01. The molecule has 1 heterocycles. The smallest absolute Gasteiger partial charge is 0.644 e. The molecule has 2 fully saturated rings. The molecule has 4 heteroatoms. The van der Waals surface area contributed by atoms with E-state index in [4.69, 9.17) is 10.1 Å². The Morgan fingerprint density at radius 3 is 2.75 bits per heavy atom. The molecule has 0 spiro atoms. The maximum Gasteiger partial charge on any atom is 1.00 e. The molecule has 1 saturated heterocycles. The summed E-state index contributed by atoms with van der Waals surface area (Å²) in [4.78, 5) is 0. The predicted molar refractivity (Wildman–Crippen MR) is 61.9 cm³/mol. The van der Waals surface area contributed by atoms with Crippen molar-refractivity contribution in [2.45, 2.75) is 51.4 Å². The normalized spacial score (nSPS) is 42.6. The van der Waals surface area contributed by atoms with E-state index in [2.05, 4.69) is 19.2 Å². The first-order chi connectivity index (χ1) is 7.27. The van der Waals surface area contributed by atoms with Crippen molar-refractivity contribution >= 4 is 0 Å². The van der Waals surface area contributed by atoms with E-state index < -0.39 is 0 Å². The van der Waals surface area contributed by atoms with Crippen molar-refractivity contribution in [3.63, 3.8) is 0 Å². The molecule has 2 aliphatic rings. The van der Waals surface area contributed by atoms with Crippen LogP contribution in [0.5, 0.6) is 0 Å². The molecule has 0 aromatic heterocycles. The van der Waals surface area contributed by atoms with Crippen molar-refractivity contribution in [1.29, 1.82) is 0 Å². The van der Waals surface area contributed by atoms with Crippen LogP contribution in [0.15, 0.2) is 0 Å². The monoisotopic (exact) mass is 274 g/mol. The van der Waals surface area contributed by atoms with E-state index in [0.29, 0.717) is 24.2 Å². The SMILES string of the molecule is CCOC1CCCC2C(C)[N-]C(NC)C12.[Cu+]. The first-order valence-corrected chi connectivity index (χ1v) is 6.26. The molecule has 0 amide bonds. The van der Waals surface area contributed by atoms with E-state index in [1.165, 1.54) is 19.3 Å². The second kappa shape index (κ2) is 6.36. The average molecular weight is 275 g/mol. The van der Waals surface area contributed by atoms with Crippen LogP contribution in [-0.4, -0.2) is 32.0 Å². The number of hydrogen-bond donors (Lipinski definition) is 1. The summed E-state index contributed by atoms with van der Waals surface area (Å²) in [5, 5.41) is 8.13. The molecule has 1 saturated carbocycles. The van der Waals surface area contributed by atoms with Gasteiger partial charge in [0.2, 0.25) is 0 Å². The van der Waals surface area contributed by atoms with Crippen LogP contribution in [0.1, 0.15) is 33.1 Å². The zero-order valence-electron chi connectivity index (χ0n) is 10.4. The van der Waals surface area contributed by atoms with E-state index in [9.17, 15) is 0 Å². The zero-order chi connectivity index (χ0) is 10.8. The second-order valence-corrected chi connectivity index (χ2v) is 4.79. The quantitative estimate of drug-likeness (QED) is 0.801. The molecule has 0 bridgehead atoms. The third-order valence-electron chi connectivity index (χ3n) is 4.01. The topological polar surface area (TPSA) is 35.4 Å². The molecule has 5 atom stereocenters. The largest absolute Gasteiger partial charge is 1.00 e. The summed E-state index contributed by atoms with van der Waals surface area (Å²) in [5.74, 6) is 1.35. The number of nitrogens with zero attached hydrogens (tertiary/aromatic N) is 1. The zero-order valence-corrected chi connectivity index (χ0v) is 11.3. The van der Waals surface area contributed by atoms with Crippen LogP contribution in [0.3, 0.4) is 0 Å². The molecule has 2 rings (SSSR count). The molecule has 1 N–H and O–H groups in total. The van der Waals surface area contributed by atoms with E-state index in [1.807, 2.05) is 7.05 Å². The molecule has 1 aliphatic carbocycles. The summed E-state index contributed by atoms with van der Waals surface area (Å²) in [7, 11) is 2.01. The van der Waals surface area contributed by atoms with Crippen LogP contribution in [0, 0.1) is 11.8 Å². The van der Waals surface area contributed by atoms with Gasteiger partial charge in [-0.2, -0.15) is 0 Å². The van der Waals surface area contributed by atoms with Gasteiger partial charge in [-0.15, -0.1) is 6.04 Å². The number of nitrogens with one attached hydrogen (secondary N) is 1. The molecule has 0 radical (unpaired) electrons. The molecule has 1 aliphatic heterocycles. The van der Waals surface area contributed by atoms with Gasteiger partial charge in [0.1, 0.15) is 0 Å². The van der Waals surface area contributed by atoms with E-state index in [0.717, 1.165) is 12.5 Å². The Hall–Kier alpha value is 0.399. The average Bonchev–Trinajstić information content (AvgIpc) is 2.58. The maximum absolute atomic E-state index is 5.88. The van der Waals surface area contributed by atoms with Gasteiger partial charge in [0, 0.05) is 6.61 Å². The molecule has 3 nitrogen and oxygen atoms in total. The third kappa shape index (κ3) is 2.62. The van der Waals surface area contributed by atoms with Gasteiger partial charge in [-0.3, -0.25) is 0 Å². The van der Waals surface area contributed by atoms with Crippen LogP contribution < -0.4 is 5.32 Å². The first-order valence-electron chi connectivity index (χ1n) is 6.26. The summed E-state index contributed by atoms with van der Waals surface area (Å²) < 4.78 is 5.88. The first kappa shape index (κ1) is 14.5. The van der Waals surface area contributed by atoms with E-state index in [-0.39, 0.29) is 17.1 Å². The van der Waals surface area contributed by atoms with Crippen LogP contribution in [0.2, 0.25) is 0 Å². The molecule has 16 heavy (non-hydrogen) atoms. The Bertz CT molecular complexity index is 213. The van der Waals surface area contributed by atoms with E-state index in [1.54, 1.807) is 0 Å². The Kier molecular flexibility index (Phi) is 5.75. The van der Waals surface area contributed by atoms with Crippen LogP contribution in [-0.2, 0) is 21.8 Å². The van der Waals surface area contributed by atoms with E-state index >= 15 is 0 Å². The fourth-order valence-corrected chi connectivity index (χ4v) is 3.35. The molecular formula is C12H23CuN2O. The van der Waals surface area contributed by atoms with Crippen molar-refractivity contribution < 1.29 is 21.8 Å². The van der Waals surface area contributed by atoms with Gasteiger partial charge in [-0.25, -0.2) is 0 Å². The van der Waals surface area contributed by atoms with Gasteiger partial charge in [0.15, 0.2) is 0 Å². The minimum absolute atomic E-state index is 0. The van der Waals surface area contributed by atoms with Gasteiger partial charge >= 0.3 is 17.1 Å². The van der Waals surface area contributed by atoms with Crippen molar-refractivity contribution in [3.05, 3.63) is 5.32 Å². The van der Waals surface area contributed by atoms with Gasteiger partial charge in [0.25, 0.3) is 0 Å². The Labute approximate surface area is 110 Å². The summed E-state index contributed by atoms with van der Waals surface area (Å²) in [6.07, 6.45) is 4.61. The Morgan fingerprint density at radius 2 is 2.12 bits per heavy atom. The van der Waals surface area contributed by atoms with Gasteiger partial charge in [0.05, 0.1) is 6.10 Å². The summed E-state index contributed by atoms with van der Waals surface area (Å²) >= 11 is 0. The van der Waals surface area contributed by atoms with Gasteiger partial charge < -0.3 is 15.4 Å². The number of ether oxygens (including phenoxy) is 1. The number of fused-ring (bicyclic) bond motifs is 1. The van der Waals surface area contributed by atoms with Crippen molar-refractivity contribution in [1.82, 2.24) is 5.32 Å². The van der Waals surface area contributed by atoms with Crippen LogP contribution >= 0.6 is 0 Å². The van der Waals surface area contributed by atoms with Crippen molar-refractivity contribution in [2.24, 2.45) is 11.8 Å². The van der Waals surface area contributed by atoms with Crippen molar-refractivity contribution in [3.8, 4) is 0 Å². The molecule has 0 aromatic rings. The maximum atomic E-state index is 5.88. The predicted octanol–water partition coefficient (Wildman–Crippen LogP) is 2.13. The van der Waals surface area contributed by atoms with Crippen LogP contribution in [0.25, 0.3) is 5.32 Å². The van der Waals surface area contributed by atoms with Gasteiger partial charge in [-0.05, 0) is 26.3 Å². The Balaban J connectivity index is 0.00000128. The fourth-order valence-electron chi connectivity index (χ4n) is 3.35. The summed E-state index contributed by atoms with van der Waals surface area (Å²) in [6.45, 7) is 5.18. The van der Waals surface area contributed by atoms with Crippen molar-refractivity contribution in [2.75, 3.05) is 13.7 Å². The second-order valence-electron chi connectivity index (χ2n) is 4.79. The van der Waals surface area contributed by atoms with Crippen LogP contribution in [0.4, 0.5) is 0 Å². The molecule has 5 unspecified atom stereocenters. The molecular weight excluding hydrogens is 252 g/mol. The summed E-state index contributed by atoms with van der Waals surface area (Å²) in [6, 6.07) is 0.510. The standard InChI is InChI=1S/C12H23N2O.Cu/c1-4-15-10-7-5-6-9-8(2)14-12(13-3)11(9)10;/h8-13H,4-7H2,1-3H3;/q-1;+1. The Morgan fingerprint density at radius 1 is 1.38 bits per heavy atom. The summed E-state index contributed by atoms with van der Waals surface area (Å²) in [5.41, 5.74) is 0. The minimum Gasteiger partial charge on any atom is -0.644 e. The fraction of sp³-hybridized carbons (Fsp3) is 1.00. The number of rotatable bonds is 3. The van der Waals surface area contributed by atoms with Gasteiger partial charge in [-0.1, -0.05) is 31.8 Å². The minimum atomic E-state index is 0. The number of hydrogen-bond acceptors (Lipinski definition) is 2.